The molecule has 3 aromatic carbocycles. The summed E-state index contributed by atoms with van der Waals surface area (Å²) in [5.41, 5.74) is 2.27. The average molecular weight is 513 g/mol. The summed E-state index contributed by atoms with van der Waals surface area (Å²) >= 11 is 0. The highest BCUT2D eigenvalue weighted by atomic mass is 19.2. The minimum absolute atomic E-state index is 0.0206. The number of nitrogens with zero attached hydrogens (tertiary/aromatic N) is 2. The van der Waals surface area contributed by atoms with Crippen molar-refractivity contribution in [3.05, 3.63) is 131 Å². The van der Waals surface area contributed by atoms with Crippen LogP contribution in [0.2, 0.25) is 0 Å². The van der Waals surface area contributed by atoms with E-state index < -0.39 is 35.1 Å². The fourth-order valence-electron chi connectivity index (χ4n) is 4.44. The molecule has 1 aliphatic rings. The molecule has 0 radical (unpaired) electrons. The van der Waals surface area contributed by atoms with Gasteiger partial charge in [0, 0.05) is 29.7 Å². The first-order valence-electron chi connectivity index (χ1n) is 11.8. The minimum Gasteiger partial charge on any atom is -0.507 e. The lowest BCUT2D eigenvalue weighted by atomic mass is 9.95. The van der Waals surface area contributed by atoms with E-state index in [1.54, 1.807) is 37.3 Å². The maximum atomic E-state index is 14.1. The number of Topliss-reactive ketones (excluding diaryl/α,β-unsaturated/α-hetero) is 1. The van der Waals surface area contributed by atoms with Gasteiger partial charge in [0.15, 0.2) is 11.6 Å². The van der Waals surface area contributed by atoms with Crippen molar-refractivity contribution in [3.8, 4) is 5.75 Å². The summed E-state index contributed by atoms with van der Waals surface area (Å²) in [6.07, 6.45) is 2.95. The standard InChI is InChI=1S/C30H22F2N2O4/c1-18-15-21(7-10-25(18)38-17-19-5-3-2-4-6-19)28(35)26-27(20-11-13-33-14-12-20)34(30(37)29(26)36)22-8-9-23(31)24(32)16-22/h2-16,27,35H,17H2,1H3/b28-26+. The first kappa shape index (κ1) is 24.8. The van der Waals surface area contributed by atoms with Gasteiger partial charge in [0.25, 0.3) is 11.7 Å². The molecule has 1 amide bonds. The number of ether oxygens (including phenoxy) is 1. The lowest BCUT2D eigenvalue weighted by Crippen LogP contribution is -2.29. The highest BCUT2D eigenvalue weighted by molar-refractivity contribution is 6.51. The molecule has 0 spiro atoms. The Morgan fingerprint density at radius 3 is 2.37 bits per heavy atom. The van der Waals surface area contributed by atoms with Crippen molar-refractivity contribution >= 4 is 23.1 Å². The van der Waals surface area contributed by atoms with E-state index in [0.717, 1.165) is 22.6 Å². The predicted molar refractivity (Wildman–Crippen MR) is 137 cm³/mol. The summed E-state index contributed by atoms with van der Waals surface area (Å²) in [6.45, 7) is 2.16. The molecule has 1 saturated heterocycles. The molecule has 0 saturated carbocycles. The van der Waals surface area contributed by atoms with Gasteiger partial charge in [-0.15, -0.1) is 0 Å². The Kier molecular flexibility index (Phi) is 6.70. The number of hydrogen-bond donors (Lipinski definition) is 1. The Morgan fingerprint density at radius 2 is 1.68 bits per heavy atom. The van der Waals surface area contributed by atoms with Gasteiger partial charge in [0.1, 0.15) is 18.1 Å². The number of aromatic nitrogens is 1. The number of hydrogen-bond acceptors (Lipinski definition) is 5. The summed E-state index contributed by atoms with van der Waals surface area (Å²) < 4.78 is 33.6. The van der Waals surface area contributed by atoms with Crippen LogP contribution in [0, 0.1) is 18.6 Å². The number of carbonyl (C=O) groups excluding carboxylic acids is 2. The number of aliphatic hydroxyl groups is 1. The number of aliphatic hydroxyl groups excluding tert-OH is 1. The van der Waals surface area contributed by atoms with Crippen molar-refractivity contribution in [1.29, 1.82) is 0 Å². The first-order valence-corrected chi connectivity index (χ1v) is 11.8. The van der Waals surface area contributed by atoms with E-state index in [4.69, 9.17) is 4.74 Å². The van der Waals surface area contributed by atoms with Crippen LogP contribution in [0.5, 0.6) is 5.75 Å². The summed E-state index contributed by atoms with van der Waals surface area (Å²) in [7, 11) is 0. The zero-order valence-corrected chi connectivity index (χ0v) is 20.3. The normalized spacial score (nSPS) is 16.6. The molecule has 1 N–H and O–H groups in total. The number of amides is 1. The lowest BCUT2D eigenvalue weighted by molar-refractivity contribution is -0.132. The number of aryl methyl sites for hydroxylation is 1. The third-order valence-electron chi connectivity index (χ3n) is 6.33. The molecule has 6 nitrogen and oxygen atoms in total. The van der Waals surface area contributed by atoms with E-state index in [-0.39, 0.29) is 11.3 Å². The molecule has 1 unspecified atom stereocenters. The van der Waals surface area contributed by atoms with Crippen LogP contribution in [0.1, 0.15) is 28.3 Å². The topological polar surface area (TPSA) is 79.7 Å². The van der Waals surface area contributed by atoms with Crippen molar-refractivity contribution in [2.45, 2.75) is 19.6 Å². The summed E-state index contributed by atoms with van der Waals surface area (Å²) in [6, 6.07) is 19.6. The second-order valence-corrected chi connectivity index (χ2v) is 8.80. The Bertz CT molecular complexity index is 1560. The number of anilines is 1. The smallest absolute Gasteiger partial charge is 0.300 e. The van der Waals surface area contributed by atoms with Crippen LogP contribution in [0.25, 0.3) is 5.76 Å². The van der Waals surface area contributed by atoms with Crippen molar-refractivity contribution in [1.82, 2.24) is 4.98 Å². The molecule has 5 rings (SSSR count). The maximum absolute atomic E-state index is 14.1. The average Bonchev–Trinajstić information content (AvgIpc) is 3.20. The SMILES string of the molecule is Cc1cc(/C(O)=C2\C(=O)C(=O)N(c3ccc(F)c(F)c3)C2c2ccncc2)ccc1OCc1ccccc1. The molecule has 1 aromatic heterocycles. The van der Waals surface area contributed by atoms with Crippen LogP contribution < -0.4 is 9.64 Å². The fourth-order valence-corrected chi connectivity index (χ4v) is 4.44. The summed E-state index contributed by atoms with van der Waals surface area (Å²) in [5.74, 6) is -3.98. The molecule has 2 heterocycles. The number of ketones is 1. The number of halogens is 2. The molecule has 1 atom stereocenters. The monoisotopic (exact) mass is 512 g/mol. The van der Waals surface area contributed by atoms with Crippen molar-refractivity contribution in [2.24, 2.45) is 0 Å². The molecule has 1 aliphatic heterocycles. The quantitative estimate of drug-likeness (QED) is 0.199. The second kappa shape index (κ2) is 10.3. The van der Waals surface area contributed by atoms with Gasteiger partial charge < -0.3 is 9.84 Å². The molecule has 0 aliphatic carbocycles. The Balaban J connectivity index is 1.55. The zero-order valence-electron chi connectivity index (χ0n) is 20.3. The minimum atomic E-state index is -1.17. The van der Waals surface area contributed by atoms with Crippen LogP contribution in [0.3, 0.4) is 0 Å². The predicted octanol–water partition coefficient (Wildman–Crippen LogP) is 5.87. The van der Waals surface area contributed by atoms with Gasteiger partial charge in [0.2, 0.25) is 0 Å². The van der Waals surface area contributed by atoms with E-state index in [0.29, 0.717) is 29.0 Å². The van der Waals surface area contributed by atoms with Crippen molar-refractivity contribution < 1.29 is 28.2 Å². The first-order chi connectivity index (χ1) is 18.3. The molecule has 8 heteroatoms. The van der Waals surface area contributed by atoms with E-state index in [1.165, 1.54) is 18.5 Å². The van der Waals surface area contributed by atoms with Gasteiger partial charge in [-0.2, -0.15) is 0 Å². The lowest BCUT2D eigenvalue weighted by Gasteiger charge is -2.25. The van der Waals surface area contributed by atoms with Gasteiger partial charge in [0.05, 0.1) is 11.6 Å². The molecular weight excluding hydrogens is 490 g/mol. The van der Waals surface area contributed by atoms with Crippen LogP contribution in [-0.4, -0.2) is 21.8 Å². The van der Waals surface area contributed by atoms with Crippen molar-refractivity contribution in [3.63, 3.8) is 0 Å². The molecule has 190 valence electrons. The van der Waals surface area contributed by atoms with E-state index in [2.05, 4.69) is 4.98 Å². The summed E-state index contributed by atoms with van der Waals surface area (Å²) in [5, 5.41) is 11.3. The third kappa shape index (κ3) is 4.64. The molecule has 4 aromatic rings. The van der Waals surface area contributed by atoms with Gasteiger partial charge in [-0.1, -0.05) is 30.3 Å². The fraction of sp³-hybridized carbons (Fsp3) is 0.100. The molecule has 0 bridgehead atoms. The van der Waals surface area contributed by atoms with Crippen LogP contribution in [0.4, 0.5) is 14.5 Å². The highest BCUT2D eigenvalue weighted by Gasteiger charge is 2.47. The molecule has 1 fully saturated rings. The molecular formula is C30H22F2N2O4. The van der Waals surface area contributed by atoms with E-state index in [1.807, 2.05) is 30.3 Å². The Hall–Kier alpha value is -4.85. The number of rotatable bonds is 6. The third-order valence-corrected chi connectivity index (χ3v) is 6.33. The maximum Gasteiger partial charge on any atom is 0.300 e. The van der Waals surface area contributed by atoms with Gasteiger partial charge in [-0.3, -0.25) is 19.5 Å². The van der Waals surface area contributed by atoms with Crippen molar-refractivity contribution in [2.75, 3.05) is 4.90 Å². The zero-order chi connectivity index (χ0) is 26.8. The highest BCUT2D eigenvalue weighted by Crippen LogP contribution is 2.42. The number of benzene rings is 3. The van der Waals surface area contributed by atoms with Crippen LogP contribution in [0.15, 0.2) is 96.8 Å². The van der Waals surface area contributed by atoms with E-state index in [9.17, 15) is 23.5 Å². The van der Waals surface area contributed by atoms with Gasteiger partial charge in [-0.05, 0) is 66.1 Å². The van der Waals surface area contributed by atoms with Crippen LogP contribution in [-0.2, 0) is 16.2 Å². The van der Waals surface area contributed by atoms with Gasteiger partial charge >= 0.3 is 0 Å². The Morgan fingerprint density at radius 1 is 0.947 bits per heavy atom. The van der Waals surface area contributed by atoms with Crippen LogP contribution >= 0.6 is 0 Å². The van der Waals surface area contributed by atoms with Gasteiger partial charge in [-0.25, -0.2) is 8.78 Å². The van der Waals surface area contributed by atoms with E-state index >= 15 is 0 Å². The summed E-state index contributed by atoms with van der Waals surface area (Å²) in [4.78, 5) is 31.4. The second-order valence-electron chi connectivity index (χ2n) is 8.80. The Labute approximate surface area is 217 Å². The number of pyridine rings is 1. The largest absolute Gasteiger partial charge is 0.507 e. The number of carbonyl (C=O) groups is 2. The molecule has 38 heavy (non-hydrogen) atoms.